The molecule has 2 heterocycles. The standard InChI is InChI=1S/C14H21N5/c1-4-5-17-14(12-8-15-10-16-9-12)7-13-6-11(2)18-19(13)3/h6,8-10,14,17H,4-5,7H2,1-3H3. The number of rotatable bonds is 6. The van der Waals surface area contributed by atoms with Crippen LogP contribution in [0.3, 0.4) is 0 Å². The molecule has 0 aliphatic rings. The minimum Gasteiger partial charge on any atom is -0.310 e. The lowest BCUT2D eigenvalue weighted by Gasteiger charge is -2.18. The van der Waals surface area contributed by atoms with E-state index in [1.165, 1.54) is 5.69 Å². The summed E-state index contributed by atoms with van der Waals surface area (Å²) in [5.41, 5.74) is 3.39. The zero-order valence-corrected chi connectivity index (χ0v) is 11.8. The zero-order valence-electron chi connectivity index (χ0n) is 11.8. The van der Waals surface area contributed by atoms with Crippen LogP contribution in [-0.2, 0) is 13.5 Å². The molecule has 0 amide bonds. The Kier molecular flexibility index (Phi) is 4.63. The van der Waals surface area contributed by atoms with Crippen LogP contribution in [0, 0.1) is 6.92 Å². The van der Waals surface area contributed by atoms with Crippen molar-refractivity contribution in [2.75, 3.05) is 6.54 Å². The van der Waals surface area contributed by atoms with Crippen LogP contribution in [0.5, 0.6) is 0 Å². The van der Waals surface area contributed by atoms with Crippen LogP contribution in [0.4, 0.5) is 0 Å². The molecule has 0 fully saturated rings. The minimum atomic E-state index is 0.232. The second-order valence-electron chi connectivity index (χ2n) is 4.78. The molecule has 2 rings (SSSR count). The fraction of sp³-hybridized carbons (Fsp3) is 0.500. The Morgan fingerprint density at radius 3 is 2.63 bits per heavy atom. The molecule has 0 saturated heterocycles. The molecule has 0 radical (unpaired) electrons. The number of hydrogen-bond donors (Lipinski definition) is 1. The van der Waals surface area contributed by atoms with Crippen molar-refractivity contribution in [1.82, 2.24) is 25.1 Å². The lowest BCUT2D eigenvalue weighted by molar-refractivity contribution is 0.509. The van der Waals surface area contributed by atoms with Gasteiger partial charge in [0.1, 0.15) is 6.33 Å². The Morgan fingerprint density at radius 1 is 1.32 bits per heavy atom. The van der Waals surface area contributed by atoms with E-state index in [1.54, 1.807) is 6.33 Å². The second kappa shape index (κ2) is 6.43. The van der Waals surface area contributed by atoms with Crippen molar-refractivity contribution in [1.29, 1.82) is 0 Å². The zero-order chi connectivity index (χ0) is 13.7. The topological polar surface area (TPSA) is 55.6 Å². The summed E-state index contributed by atoms with van der Waals surface area (Å²) in [6, 6.07) is 2.36. The highest BCUT2D eigenvalue weighted by Gasteiger charge is 2.14. The van der Waals surface area contributed by atoms with Gasteiger partial charge in [-0.25, -0.2) is 9.97 Å². The van der Waals surface area contributed by atoms with Gasteiger partial charge < -0.3 is 5.32 Å². The fourth-order valence-electron chi connectivity index (χ4n) is 2.18. The fourth-order valence-corrected chi connectivity index (χ4v) is 2.18. The Balaban J connectivity index is 2.16. The highest BCUT2D eigenvalue weighted by Crippen LogP contribution is 2.17. The third kappa shape index (κ3) is 3.61. The van der Waals surface area contributed by atoms with Crippen molar-refractivity contribution in [3.63, 3.8) is 0 Å². The summed E-state index contributed by atoms with van der Waals surface area (Å²) in [4.78, 5) is 8.22. The molecule has 0 saturated carbocycles. The first-order valence-corrected chi connectivity index (χ1v) is 6.68. The molecule has 1 unspecified atom stereocenters. The molecule has 2 aromatic heterocycles. The Bertz CT molecular complexity index is 506. The largest absolute Gasteiger partial charge is 0.310 e. The van der Waals surface area contributed by atoms with Crippen LogP contribution < -0.4 is 5.32 Å². The van der Waals surface area contributed by atoms with Crippen molar-refractivity contribution >= 4 is 0 Å². The van der Waals surface area contributed by atoms with E-state index in [0.717, 1.165) is 30.6 Å². The van der Waals surface area contributed by atoms with Crippen molar-refractivity contribution in [2.45, 2.75) is 32.7 Å². The lowest BCUT2D eigenvalue weighted by atomic mass is 10.0. The van der Waals surface area contributed by atoms with E-state index in [4.69, 9.17) is 0 Å². The molecule has 102 valence electrons. The average Bonchev–Trinajstić information content (AvgIpc) is 2.73. The third-order valence-electron chi connectivity index (χ3n) is 3.14. The van der Waals surface area contributed by atoms with Gasteiger partial charge in [-0.3, -0.25) is 4.68 Å². The lowest BCUT2D eigenvalue weighted by Crippen LogP contribution is -2.25. The molecule has 2 aromatic rings. The maximum absolute atomic E-state index is 4.40. The molecule has 5 nitrogen and oxygen atoms in total. The molecular formula is C14H21N5. The highest BCUT2D eigenvalue weighted by atomic mass is 15.3. The van der Waals surface area contributed by atoms with Crippen LogP contribution >= 0.6 is 0 Å². The van der Waals surface area contributed by atoms with Gasteiger partial charge in [-0.15, -0.1) is 0 Å². The smallest absolute Gasteiger partial charge is 0.115 e. The maximum Gasteiger partial charge on any atom is 0.115 e. The number of aryl methyl sites for hydroxylation is 2. The molecule has 0 aromatic carbocycles. The van der Waals surface area contributed by atoms with Gasteiger partial charge in [-0.05, 0) is 26.0 Å². The first-order chi connectivity index (χ1) is 9.20. The van der Waals surface area contributed by atoms with E-state index in [1.807, 2.05) is 31.0 Å². The third-order valence-corrected chi connectivity index (χ3v) is 3.14. The highest BCUT2D eigenvalue weighted by molar-refractivity contribution is 5.16. The SMILES string of the molecule is CCCNC(Cc1cc(C)nn1C)c1cncnc1. The van der Waals surface area contributed by atoms with Crippen molar-refractivity contribution in [2.24, 2.45) is 7.05 Å². The van der Waals surface area contributed by atoms with Gasteiger partial charge in [0, 0.05) is 43.2 Å². The molecule has 0 spiro atoms. The van der Waals surface area contributed by atoms with Crippen LogP contribution in [-0.4, -0.2) is 26.3 Å². The molecule has 19 heavy (non-hydrogen) atoms. The predicted molar refractivity (Wildman–Crippen MR) is 74.7 cm³/mol. The van der Waals surface area contributed by atoms with Gasteiger partial charge in [-0.1, -0.05) is 6.92 Å². The van der Waals surface area contributed by atoms with E-state index in [2.05, 4.69) is 33.4 Å². The molecule has 0 bridgehead atoms. The number of nitrogens with one attached hydrogen (secondary N) is 1. The summed E-state index contributed by atoms with van der Waals surface area (Å²) in [5, 5.41) is 7.95. The second-order valence-corrected chi connectivity index (χ2v) is 4.78. The number of nitrogens with zero attached hydrogens (tertiary/aromatic N) is 4. The molecule has 5 heteroatoms. The van der Waals surface area contributed by atoms with E-state index >= 15 is 0 Å². The van der Waals surface area contributed by atoms with Crippen molar-refractivity contribution in [3.8, 4) is 0 Å². The summed E-state index contributed by atoms with van der Waals surface area (Å²) in [6.07, 6.45) is 7.32. The van der Waals surface area contributed by atoms with Crippen LogP contribution in [0.25, 0.3) is 0 Å². The average molecular weight is 259 g/mol. The molecule has 0 aliphatic heterocycles. The van der Waals surface area contributed by atoms with Gasteiger partial charge in [-0.2, -0.15) is 5.10 Å². The van der Waals surface area contributed by atoms with Gasteiger partial charge >= 0.3 is 0 Å². The number of aromatic nitrogens is 4. The maximum atomic E-state index is 4.40. The first-order valence-electron chi connectivity index (χ1n) is 6.68. The van der Waals surface area contributed by atoms with Gasteiger partial charge in [0.05, 0.1) is 5.69 Å². The normalized spacial score (nSPS) is 12.6. The predicted octanol–water partition coefficient (Wildman–Crippen LogP) is 1.80. The summed E-state index contributed by atoms with van der Waals surface area (Å²) < 4.78 is 1.94. The van der Waals surface area contributed by atoms with Crippen LogP contribution in [0.2, 0.25) is 0 Å². The Hall–Kier alpha value is -1.75. The van der Waals surface area contributed by atoms with E-state index in [-0.39, 0.29) is 6.04 Å². The minimum absolute atomic E-state index is 0.232. The Labute approximate surface area is 114 Å². The molecule has 0 aliphatic carbocycles. The van der Waals surface area contributed by atoms with E-state index in [9.17, 15) is 0 Å². The van der Waals surface area contributed by atoms with Crippen LogP contribution in [0.15, 0.2) is 24.8 Å². The summed E-state index contributed by atoms with van der Waals surface area (Å²) in [7, 11) is 1.99. The monoisotopic (exact) mass is 259 g/mol. The van der Waals surface area contributed by atoms with Crippen molar-refractivity contribution in [3.05, 3.63) is 41.7 Å². The molecule has 1 N–H and O–H groups in total. The summed E-state index contributed by atoms with van der Waals surface area (Å²) >= 11 is 0. The van der Waals surface area contributed by atoms with E-state index in [0.29, 0.717) is 0 Å². The van der Waals surface area contributed by atoms with Gasteiger partial charge in [0.25, 0.3) is 0 Å². The van der Waals surface area contributed by atoms with Crippen LogP contribution in [0.1, 0.15) is 36.3 Å². The Morgan fingerprint density at radius 2 is 2.05 bits per heavy atom. The quantitative estimate of drug-likeness (QED) is 0.859. The first kappa shape index (κ1) is 13.7. The van der Waals surface area contributed by atoms with Gasteiger partial charge in [0.15, 0.2) is 0 Å². The number of hydrogen-bond acceptors (Lipinski definition) is 4. The summed E-state index contributed by atoms with van der Waals surface area (Å²) in [6.45, 7) is 5.17. The summed E-state index contributed by atoms with van der Waals surface area (Å²) in [5.74, 6) is 0. The van der Waals surface area contributed by atoms with Crippen molar-refractivity contribution < 1.29 is 0 Å². The molecule has 1 atom stereocenters. The van der Waals surface area contributed by atoms with Gasteiger partial charge in [0.2, 0.25) is 0 Å². The van der Waals surface area contributed by atoms with E-state index < -0.39 is 0 Å². The molecular weight excluding hydrogens is 238 g/mol.